The van der Waals surface area contributed by atoms with Gasteiger partial charge in [0.2, 0.25) is 0 Å². The lowest BCUT2D eigenvalue weighted by molar-refractivity contribution is 0.0770. The molecule has 7 nitrogen and oxygen atoms in total. The molecule has 0 saturated heterocycles. The van der Waals surface area contributed by atoms with E-state index >= 15 is 0 Å². The third kappa shape index (κ3) is 2.25. The van der Waals surface area contributed by atoms with Gasteiger partial charge in [-0.15, -0.1) is 0 Å². The lowest BCUT2D eigenvalue weighted by Gasteiger charge is -2.21. The number of nitrogens with one attached hydrogen (secondary N) is 2. The van der Waals surface area contributed by atoms with E-state index in [1.54, 1.807) is 18.0 Å². The summed E-state index contributed by atoms with van der Waals surface area (Å²) in [5.41, 5.74) is 2.93. The number of H-pyrrole nitrogens is 1. The Balaban J connectivity index is 1.64. The number of aromatic nitrogens is 2. The average Bonchev–Trinajstić information content (AvgIpc) is 3.13. The number of carbonyl (C=O) groups is 2. The Morgan fingerprint density at radius 3 is 3.08 bits per heavy atom. The Morgan fingerprint density at radius 1 is 1.42 bits per heavy atom. The molecule has 0 atom stereocenters. The number of imidazole rings is 1. The lowest BCUT2D eigenvalue weighted by Crippen LogP contribution is -2.34. The molecule has 2 N–H and O–H groups in total. The molecule has 0 fully saturated rings. The van der Waals surface area contributed by atoms with Crippen LogP contribution in [-0.4, -0.2) is 40.3 Å². The fraction of sp³-hybridized carbons (Fsp3) is 0.235. The molecule has 4 rings (SSSR count). The SMILES string of the molecule is Cc1nc2ccc(NC(=O)c3coc4c3C(=O)N(C)CC4)cc2[nH]1. The van der Waals surface area contributed by atoms with Crippen LogP contribution in [-0.2, 0) is 6.42 Å². The van der Waals surface area contributed by atoms with Crippen molar-refractivity contribution < 1.29 is 14.0 Å². The molecule has 0 bridgehead atoms. The second-order valence-corrected chi connectivity index (χ2v) is 5.93. The zero-order chi connectivity index (χ0) is 16.8. The van der Waals surface area contributed by atoms with Gasteiger partial charge < -0.3 is 19.6 Å². The Morgan fingerprint density at radius 2 is 2.25 bits per heavy atom. The molecule has 1 aliphatic heterocycles. The van der Waals surface area contributed by atoms with Gasteiger partial charge in [0.25, 0.3) is 11.8 Å². The van der Waals surface area contributed by atoms with E-state index < -0.39 is 0 Å². The summed E-state index contributed by atoms with van der Waals surface area (Å²) < 4.78 is 5.41. The number of aryl methyl sites for hydroxylation is 1. The number of aromatic amines is 1. The Kier molecular flexibility index (Phi) is 3.16. The normalized spacial score (nSPS) is 14.1. The van der Waals surface area contributed by atoms with Crippen LogP contribution in [0.5, 0.6) is 0 Å². The van der Waals surface area contributed by atoms with Crippen molar-refractivity contribution in [1.29, 1.82) is 0 Å². The number of hydrogen-bond acceptors (Lipinski definition) is 4. The molecule has 2 aromatic heterocycles. The quantitative estimate of drug-likeness (QED) is 0.757. The largest absolute Gasteiger partial charge is 0.468 e. The third-order valence-corrected chi connectivity index (χ3v) is 4.20. The summed E-state index contributed by atoms with van der Waals surface area (Å²) in [5.74, 6) is 0.836. The summed E-state index contributed by atoms with van der Waals surface area (Å²) in [6.45, 7) is 2.47. The molecule has 1 aromatic carbocycles. The number of hydrogen-bond donors (Lipinski definition) is 2. The maximum absolute atomic E-state index is 12.6. The molecule has 3 heterocycles. The van der Waals surface area contributed by atoms with Gasteiger partial charge in [-0.2, -0.15) is 0 Å². The molecule has 7 heteroatoms. The topological polar surface area (TPSA) is 91.2 Å². The van der Waals surface area contributed by atoms with Gasteiger partial charge in [0.1, 0.15) is 17.8 Å². The summed E-state index contributed by atoms with van der Waals surface area (Å²) in [6.07, 6.45) is 1.97. The predicted octanol–water partition coefficient (Wildman–Crippen LogP) is 2.34. The number of carbonyl (C=O) groups excluding carboxylic acids is 2. The molecule has 0 saturated carbocycles. The molecule has 2 amide bonds. The van der Waals surface area contributed by atoms with Crippen molar-refractivity contribution in [2.75, 3.05) is 18.9 Å². The molecule has 0 aliphatic carbocycles. The Labute approximate surface area is 137 Å². The summed E-state index contributed by atoms with van der Waals surface area (Å²) in [4.78, 5) is 33.9. The van der Waals surface area contributed by atoms with E-state index in [1.165, 1.54) is 6.26 Å². The number of amides is 2. The highest BCUT2D eigenvalue weighted by Gasteiger charge is 2.30. The number of nitrogens with zero attached hydrogens (tertiary/aromatic N) is 2. The van der Waals surface area contributed by atoms with E-state index in [0.717, 1.165) is 16.9 Å². The van der Waals surface area contributed by atoms with Crippen molar-refractivity contribution in [3.63, 3.8) is 0 Å². The van der Waals surface area contributed by atoms with E-state index in [4.69, 9.17) is 4.42 Å². The molecular weight excluding hydrogens is 308 g/mol. The second kappa shape index (κ2) is 5.23. The standard InChI is InChI=1S/C17H16N4O3/c1-9-18-12-4-3-10(7-13(12)19-9)20-16(22)11-8-24-14-5-6-21(2)17(23)15(11)14/h3-4,7-8H,5-6H2,1-2H3,(H,18,19)(H,20,22). The molecule has 24 heavy (non-hydrogen) atoms. The minimum Gasteiger partial charge on any atom is -0.468 e. The number of rotatable bonds is 2. The van der Waals surface area contributed by atoms with Crippen LogP contribution in [0.15, 0.2) is 28.9 Å². The van der Waals surface area contributed by atoms with Crippen molar-refractivity contribution in [2.24, 2.45) is 0 Å². The summed E-state index contributed by atoms with van der Waals surface area (Å²) in [5, 5.41) is 2.81. The van der Waals surface area contributed by atoms with Crippen molar-refractivity contribution in [3.05, 3.63) is 47.2 Å². The number of anilines is 1. The molecular formula is C17H16N4O3. The third-order valence-electron chi connectivity index (χ3n) is 4.20. The highest BCUT2D eigenvalue weighted by atomic mass is 16.3. The average molecular weight is 324 g/mol. The monoisotopic (exact) mass is 324 g/mol. The van der Waals surface area contributed by atoms with Crippen LogP contribution in [0.25, 0.3) is 11.0 Å². The highest BCUT2D eigenvalue weighted by Crippen LogP contribution is 2.25. The van der Waals surface area contributed by atoms with Gasteiger partial charge in [-0.05, 0) is 25.1 Å². The van der Waals surface area contributed by atoms with Crippen molar-refractivity contribution in [3.8, 4) is 0 Å². The number of benzene rings is 1. The first-order valence-corrected chi connectivity index (χ1v) is 7.66. The predicted molar refractivity (Wildman–Crippen MR) is 88.2 cm³/mol. The summed E-state index contributed by atoms with van der Waals surface area (Å²) in [7, 11) is 1.72. The van der Waals surface area contributed by atoms with Crippen molar-refractivity contribution in [2.45, 2.75) is 13.3 Å². The van der Waals surface area contributed by atoms with Gasteiger partial charge in [-0.1, -0.05) is 0 Å². The van der Waals surface area contributed by atoms with E-state index in [1.807, 2.05) is 19.1 Å². The highest BCUT2D eigenvalue weighted by molar-refractivity contribution is 6.13. The number of likely N-dealkylation sites (N-methyl/N-ethyl adjacent to an activating group) is 1. The van der Waals surface area contributed by atoms with Crippen LogP contribution >= 0.6 is 0 Å². The molecule has 0 radical (unpaired) electrons. The van der Waals surface area contributed by atoms with Gasteiger partial charge in [0.15, 0.2) is 0 Å². The summed E-state index contributed by atoms with van der Waals surface area (Å²) >= 11 is 0. The van der Waals surface area contributed by atoms with E-state index in [-0.39, 0.29) is 17.4 Å². The maximum Gasteiger partial charge on any atom is 0.259 e. The maximum atomic E-state index is 12.6. The number of furan rings is 1. The van der Waals surface area contributed by atoms with Crippen molar-refractivity contribution >= 4 is 28.5 Å². The molecule has 0 spiro atoms. The van der Waals surface area contributed by atoms with Gasteiger partial charge in [0, 0.05) is 25.7 Å². The van der Waals surface area contributed by atoms with Crippen LogP contribution in [0.1, 0.15) is 32.3 Å². The Bertz CT molecular complexity index is 970. The van der Waals surface area contributed by atoms with Crippen molar-refractivity contribution in [1.82, 2.24) is 14.9 Å². The van der Waals surface area contributed by atoms with Gasteiger partial charge in [0.05, 0.1) is 22.2 Å². The zero-order valence-corrected chi connectivity index (χ0v) is 13.3. The van der Waals surface area contributed by atoms with E-state index in [2.05, 4.69) is 15.3 Å². The minimum atomic E-state index is -0.362. The van der Waals surface area contributed by atoms with E-state index in [9.17, 15) is 9.59 Å². The fourth-order valence-electron chi connectivity index (χ4n) is 2.96. The van der Waals surface area contributed by atoms with Crippen LogP contribution < -0.4 is 5.32 Å². The molecule has 1 aliphatic rings. The zero-order valence-electron chi connectivity index (χ0n) is 13.3. The Hall–Kier alpha value is -3.09. The van der Waals surface area contributed by atoms with Crippen LogP contribution in [0.3, 0.4) is 0 Å². The molecule has 122 valence electrons. The molecule has 3 aromatic rings. The van der Waals surface area contributed by atoms with Crippen LogP contribution in [0, 0.1) is 6.92 Å². The smallest absolute Gasteiger partial charge is 0.259 e. The van der Waals surface area contributed by atoms with Gasteiger partial charge >= 0.3 is 0 Å². The first kappa shape index (κ1) is 14.5. The molecule has 0 unspecified atom stereocenters. The van der Waals surface area contributed by atoms with Gasteiger partial charge in [-0.3, -0.25) is 9.59 Å². The first-order chi connectivity index (χ1) is 11.5. The minimum absolute atomic E-state index is 0.185. The van der Waals surface area contributed by atoms with E-state index in [0.29, 0.717) is 30.0 Å². The van der Waals surface area contributed by atoms with Crippen LogP contribution in [0.4, 0.5) is 5.69 Å². The van der Waals surface area contributed by atoms with Crippen LogP contribution in [0.2, 0.25) is 0 Å². The van der Waals surface area contributed by atoms with Gasteiger partial charge in [-0.25, -0.2) is 4.98 Å². The summed E-state index contributed by atoms with van der Waals surface area (Å²) in [6, 6.07) is 5.42. The number of fused-ring (bicyclic) bond motifs is 2. The second-order valence-electron chi connectivity index (χ2n) is 5.93. The first-order valence-electron chi connectivity index (χ1n) is 7.66. The fourth-order valence-corrected chi connectivity index (χ4v) is 2.96. The lowest BCUT2D eigenvalue weighted by atomic mass is 10.0.